The molecule has 1 aromatic heterocycles. The van der Waals surface area contributed by atoms with E-state index in [1.807, 2.05) is 6.92 Å². The van der Waals surface area contributed by atoms with E-state index in [2.05, 4.69) is 24.1 Å². The van der Waals surface area contributed by atoms with Crippen molar-refractivity contribution in [2.24, 2.45) is 5.92 Å². The van der Waals surface area contributed by atoms with Crippen LogP contribution in [0.3, 0.4) is 0 Å². The Balaban J connectivity index is 2.94. The van der Waals surface area contributed by atoms with Crippen molar-refractivity contribution in [3.63, 3.8) is 0 Å². The minimum Gasteiger partial charge on any atom is -0.478 e. The van der Waals surface area contributed by atoms with Crippen LogP contribution in [-0.2, 0) is 0 Å². The molecule has 0 saturated heterocycles. The molecule has 1 heterocycles. The van der Waals surface area contributed by atoms with E-state index in [1.165, 1.54) is 0 Å². The van der Waals surface area contributed by atoms with E-state index < -0.39 is 10.9 Å². The first-order chi connectivity index (χ1) is 9.35. The van der Waals surface area contributed by atoms with Crippen molar-refractivity contribution in [1.29, 1.82) is 0 Å². The van der Waals surface area contributed by atoms with Crippen molar-refractivity contribution in [1.82, 2.24) is 4.98 Å². The average Bonchev–Trinajstić information content (AvgIpc) is 2.38. The topological polar surface area (TPSA) is 105 Å². The van der Waals surface area contributed by atoms with Gasteiger partial charge in [0.1, 0.15) is 17.6 Å². The molecule has 7 heteroatoms. The zero-order chi connectivity index (χ0) is 15.3. The number of aromatic nitrogens is 1. The van der Waals surface area contributed by atoms with Gasteiger partial charge in [0.25, 0.3) is 5.69 Å². The Morgan fingerprint density at radius 1 is 1.55 bits per heavy atom. The Hall–Kier alpha value is -2.18. The van der Waals surface area contributed by atoms with Crippen LogP contribution < -0.4 is 5.32 Å². The molecule has 0 fully saturated rings. The van der Waals surface area contributed by atoms with E-state index in [0.717, 1.165) is 25.1 Å². The van der Waals surface area contributed by atoms with Gasteiger partial charge < -0.3 is 10.4 Å². The van der Waals surface area contributed by atoms with Crippen LogP contribution in [0.15, 0.2) is 12.3 Å². The summed E-state index contributed by atoms with van der Waals surface area (Å²) < 4.78 is 0. The number of carbonyl (C=O) groups is 1. The third-order valence-electron chi connectivity index (χ3n) is 3.15. The van der Waals surface area contributed by atoms with Crippen molar-refractivity contribution in [3.05, 3.63) is 27.9 Å². The summed E-state index contributed by atoms with van der Waals surface area (Å²) >= 11 is 0. The molecule has 20 heavy (non-hydrogen) atoms. The number of anilines is 1. The Labute approximate surface area is 117 Å². The number of carboxylic acids is 1. The predicted octanol–water partition coefficient (Wildman–Crippen LogP) is 2.92. The molecule has 0 radical (unpaired) electrons. The SMILES string of the molecule is CCC(C)CC(C)Nc1ncc([N+](=O)[O-])cc1C(=O)O. The standard InChI is InChI=1S/C13H19N3O4/c1-4-8(2)5-9(3)15-12-11(13(17)18)6-10(7-14-12)16(19)20/h6-9H,4-5H2,1-3H3,(H,14,15)(H,17,18). The number of pyridine rings is 1. The van der Waals surface area contributed by atoms with Gasteiger partial charge in [-0.05, 0) is 19.3 Å². The lowest BCUT2D eigenvalue weighted by atomic mass is 10.0. The summed E-state index contributed by atoms with van der Waals surface area (Å²) in [4.78, 5) is 25.0. The molecule has 1 rings (SSSR count). The summed E-state index contributed by atoms with van der Waals surface area (Å²) in [5.74, 6) is -0.567. The summed E-state index contributed by atoms with van der Waals surface area (Å²) in [6.45, 7) is 6.13. The molecule has 110 valence electrons. The first kappa shape index (κ1) is 15.9. The van der Waals surface area contributed by atoms with Crippen molar-refractivity contribution < 1.29 is 14.8 Å². The molecule has 7 nitrogen and oxygen atoms in total. The van der Waals surface area contributed by atoms with Crippen molar-refractivity contribution in [3.8, 4) is 0 Å². The largest absolute Gasteiger partial charge is 0.478 e. The van der Waals surface area contributed by atoms with Crippen molar-refractivity contribution >= 4 is 17.5 Å². The van der Waals surface area contributed by atoms with E-state index in [4.69, 9.17) is 5.11 Å². The second kappa shape index (κ2) is 6.83. The predicted molar refractivity (Wildman–Crippen MR) is 75.0 cm³/mol. The lowest BCUT2D eigenvalue weighted by Crippen LogP contribution is -2.21. The lowest BCUT2D eigenvalue weighted by Gasteiger charge is -2.18. The quantitative estimate of drug-likeness (QED) is 0.588. The van der Waals surface area contributed by atoms with Gasteiger partial charge in [0.15, 0.2) is 0 Å². The lowest BCUT2D eigenvalue weighted by molar-refractivity contribution is -0.385. The highest BCUT2D eigenvalue weighted by Crippen LogP contribution is 2.21. The smallest absolute Gasteiger partial charge is 0.339 e. The number of carboxylic acid groups (broad SMARTS) is 1. The molecular weight excluding hydrogens is 262 g/mol. The number of aromatic carboxylic acids is 1. The number of nitrogens with one attached hydrogen (secondary N) is 1. The van der Waals surface area contributed by atoms with Gasteiger partial charge in [-0.1, -0.05) is 20.3 Å². The first-order valence-corrected chi connectivity index (χ1v) is 6.49. The fourth-order valence-corrected chi connectivity index (χ4v) is 1.89. The normalized spacial score (nSPS) is 13.6. The highest BCUT2D eigenvalue weighted by Gasteiger charge is 2.19. The van der Waals surface area contributed by atoms with Gasteiger partial charge in [-0.15, -0.1) is 0 Å². The summed E-state index contributed by atoms with van der Waals surface area (Å²) in [6.07, 6.45) is 2.96. The third-order valence-corrected chi connectivity index (χ3v) is 3.15. The monoisotopic (exact) mass is 281 g/mol. The molecule has 0 amide bonds. The first-order valence-electron chi connectivity index (χ1n) is 6.49. The number of nitrogens with zero attached hydrogens (tertiary/aromatic N) is 2. The summed E-state index contributed by atoms with van der Waals surface area (Å²) in [7, 11) is 0. The molecule has 0 aliphatic carbocycles. The van der Waals surface area contributed by atoms with E-state index in [1.54, 1.807) is 0 Å². The molecule has 2 atom stereocenters. The second-order valence-corrected chi connectivity index (χ2v) is 4.95. The fourth-order valence-electron chi connectivity index (χ4n) is 1.89. The highest BCUT2D eigenvalue weighted by molar-refractivity contribution is 5.93. The molecule has 0 saturated carbocycles. The summed E-state index contributed by atoms with van der Waals surface area (Å²) in [5.41, 5.74) is -0.516. The van der Waals surface area contributed by atoms with Crippen LogP contribution in [0, 0.1) is 16.0 Å². The molecule has 0 spiro atoms. The zero-order valence-electron chi connectivity index (χ0n) is 11.8. The molecule has 1 aromatic rings. The number of hydrogen-bond acceptors (Lipinski definition) is 5. The van der Waals surface area contributed by atoms with Crippen LogP contribution in [0.4, 0.5) is 11.5 Å². The maximum absolute atomic E-state index is 11.2. The van der Waals surface area contributed by atoms with E-state index in [9.17, 15) is 14.9 Å². The van der Waals surface area contributed by atoms with Crippen molar-refractivity contribution in [2.75, 3.05) is 5.32 Å². The average molecular weight is 281 g/mol. The van der Waals surface area contributed by atoms with Crippen LogP contribution in [-0.4, -0.2) is 27.0 Å². The van der Waals surface area contributed by atoms with Gasteiger partial charge in [-0.3, -0.25) is 10.1 Å². The molecule has 2 N–H and O–H groups in total. The Morgan fingerprint density at radius 2 is 2.20 bits per heavy atom. The Morgan fingerprint density at radius 3 is 2.70 bits per heavy atom. The molecular formula is C13H19N3O4. The van der Waals surface area contributed by atoms with Gasteiger partial charge in [0, 0.05) is 12.1 Å². The van der Waals surface area contributed by atoms with E-state index in [-0.39, 0.29) is 23.1 Å². The second-order valence-electron chi connectivity index (χ2n) is 4.95. The highest BCUT2D eigenvalue weighted by atomic mass is 16.6. The van der Waals surface area contributed by atoms with Crippen LogP contribution in [0.5, 0.6) is 0 Å². The summed E-state index contributed by atoms with van der Waals surface area (Å²) in [5, 5.41) is 22.8. The zero-order valence-corrected chi connectivity index (χ0v) is 11.8. The molecule has 0 aliphatic rings. The molecule has 0 aromatic carbocycles. The van der Waals surface area contributed by atoms with Crippen LogP contribution in [0.1, 0.15) is 44.0 Å². The third kappa shape index (κ3) is 4.18. The van der Waals surface area contributed by atoms with Gasteiger partial charge in [-0.25, -0.2) is 9.78 Å². The number of nitro groups is 1. The van der Waals surface area contributed by atoms with Gasteiger partial charge in [0.2, 0.25) is 0 Å². The molecule has 2 unspecified atom stereocenters. The van der Waals surface area contributed by atoms with Crippen LogP contribution in [0.2, 0.25) is 0 Å². The molecule has 0 aliphatic heterocycles. The Kier molecular flexibility index (Phi) is 5.42. The Bertz CT molecular complexity index is 504. The van der Waals surface area contributed by atoms with Crippen LogP contribution in [0.25, 0.3) is 0 Å². The van der Waals surface area contributed by atoms with Gasteiger partial charge in [0.05, 0.1) is 4.92 Å². The maximum Gasteiger partial charge on any atom is 0.339 e. The van der Waals surface area contributed by atoms with Gasteiger partial charge >= 0.3 is 5.97 Å². The summed E-state index contributed by atoms with van der Waals surface area (Å²) in [6, 6.07) is 1.06. The van der Waals surface area contributed by atoms with E-state index in [0.29, 0.717) is 5.92 Å². The maximum atomic E-state index is 11.2. The number of hydrogen-bond donors (Lipinski definition) is 2. The fraction of sp³-hybridized carbons (Fsp3) is 0.538. The van der Waals surface area contributed by atoms with Crippen molar-refractivity contribution in [2.45, 2.75) is 39.7 Å². The molecule has 0 bridgehead atoms. The van der Waals surface area contributed by atoms with E-state index >= 15 is 0 Å². The van der Waals surface area contributed by atoms with Crippen LogP contribution >= 0.6 is 0 Å². The number of rotatable bonds is 7. The minimum atomic E-state index is -1.24. The van der Waals surface area contributed by atoms with Gasteiger partial charge in [-0.2, -0.15) is 0 Å². The minimum absolute atomic E-state index is 0.0389.